The van der Waals surface area contributed by atoms with Crippen LogP contribution in [0.4, 0.5) is 0 Å². The minimum atomic E-state index is 0.427. The van der Waals surface area contributed by atoms with Gasteiger partial charge >= 0.3 is 0 Å². The lowest BCUT2D eigenvalue weighted by atomic mass is 9.85. The van der Waals surface area contributed by atoms with Crippen molar-refractivity contribution >= 4 is 86.2 Å². The van der Waals surface area contributed by atoms with Gasteiger partial charge in [-0.15, -0.1) is 0 Å². The van der Waals surface area contributed by atoms with Crippen molar-refractivity contribution in [3.8, 4) is 0 Å². The van der Waals surface area contributed by atoms with Crippen molar-refractivity contribution < 1.29 is 0 Å². The summed E-state index contributed by atoms with van der Waals surface area (Å²) < 4.78 is 0. The lowest BCUT2D eigenvalue weighted by Gasteiger charge is -2.19. The maximum absolute atomic E-state index is 2.48. The van der Waals surface area contributed by atoms with Gasteiger partial charge in [-0.2, -0.15) is 0 Å². The van der Waals surface area contributed by atoms with E-state index in [2.05, 4.69) is 156 Å². The third kappa shape index (κ3) is 3.80. The summed E-state index contributed by atoms with van der Waals surface area (Å²) in [6.45, 7) is 11.4. The molecule has 10 aromatic carbocycles. The second-order valence-electron chi connectivity index (χ2n) is 13.7. The summed E-state index contributed by atoms with van der Waals surface area (Å²) in [4.78, 5) is 0. The summed E-state index contributed by atoms with van der Waals surface area (Å²) in [5.41, 5.74) is 5.39. The first-order valence-electron chi connectivity index (χ1n) is 16.6. The maximum Gasteiger partial charge on any atom is -0.00201 e. The largest absolute Gasteiger partial charge is 0.0616 e. The molecule has 0 spiro atoms. The Bertz CT molecular complexity index is 2730. The monoisotopic (exact) mass is 588 g/mol. The summed E-state index contributed by atoms with van der Waals surface area (Å²) in [6, 6.07) is 46.6. The van der Waals surface area contributed by atoms with Crippen molar-refractivity contribution in [1.82, 2.24) is 0 Å². The Balaban J connectivity index is 1.73. The first-order chi connectivity index (χ1) is 22.4. The molecule has 0 radical (unpaired) electrons. The number of benzene rings is 8. The van der Waals surface area contributed by atoms with Crippen LogP contribution in [0.25, 0.3) is 86.2 Å². The summed E-state index contributed by atoms with van der Waals surface area (Å²) in [5, 5.41) is 20.8. The molecule has 0 aromatic heterocycles. The van der Waals surface area contributed by atoms with Crippen molar-refractivity contribution in [3.05, 3.63) is 144 Å². The quantitative estimate of drug-likeness (QED) is 0.132. The van der Waals surface area contributed by atoms with Gasteiger partial charge in [0.15, 0.2) is 0 Å². The van der Waals surface area contributed by atoms with E-state index in [0.717, 1.165) is 0 Å². The van der Waals surface area contributed by atoms with Gasteiger partial charge in [0.1, 0.15) is 0 Å². The molecule has 0 saturated heterocycles. The predicted molar refractivity (Wildman–Crippen MR) is 204 cm³/mol. The molecule has 0 unspecified atom stereocenters. The van der Waals surface area contributed by atoms with Gasteiger partial charge in [0.2, 0.25) is 0 Å². The van der Waals surface area contributed by atoms with E-state index < -0.39 is 0 Å². The average Bonchev–Trinajstić information content (AvgIpc) is 3.07. The Morgan fingerprint density at radius 3 is 1.20 bits per heavy atom. The SMILES string of the molecule is Cc1ccc2c(c1)c1ccc3c(C)c(C(C)C)c4ccc(cc4c3c1)c1cc(C)ccc1c1c3ccccc3c2c2ccccc21. The smallest absolute Gasteiger partial charge is 0.00201 e. The van der Waals surface area contributed by atoms with Gasteiger partial charge in [-0.3, -0.25) is 0 Å². The second kappa shape index (κ2) is 9.90. The number of rotatable bonds is 1. The lowest BCUT2D eigenvalue weighted by Crippen LogP contribution is -1.96. The molecule has 10 rings (SSSR count). The zero-order valence-electron chi connectivity index (χ0n) is 27.1. The molecule has 0 saturated carbocycles. The van der Waals surface area contributed by atoms with Gasteiger partial charge in [0.05, 0.1) is 0 Å². The third-order valence-electron chi connectivity index (χ3n) is 10.4. The first kappa shape index (κ1) is 27.1. The lowest BCUT2D eigenvalue weighted by molar-refractivity contribution is 0.869. The fourth-order valence-corrected chi connectivity index (χ4v) is 8.46. The van der Waals surface area contributed by atoms with E-state index in [1.54, 1.807) is 0 Å². The van der Waals surface area contributed by atoms with Crippen LogP contribution in [0.1, 0.15) is 42.0 Å². The van der Waals surface area contributed by atoms with Gasteiger partial charge in [-0.05, 0) is 136 Å². The van der Waals surface area contributed by atoms with E-state index in [0.29, 0.717) is 5.92 Å². The number of hydrogen-bond donors (Lipinski definition) is 0. The van der Waals surface area contributed by atoms with Crippen molar-refractivity contribution in [3.63, 3.8) is 0 Å². The highest BCUT2D eigenvalue weighted by molar-refractivity contribution is 6.35. The Morgan fingerprint density at radius 1 is 0.348 bits per heavy atom. The molecule has 220 valence electrons. The Morgan fingerprint density at radius 2 is 0.739 bits per heavy atom. The molecule has 46 heavy (non-hydrogen) atoms. The van der Waals surface area contributed by atoms with E-state index in [-0.39, 0.29) is 0 Å². The molecule has 6 bridgehead atoms. The summed E-state index contributed by atoms with van der Waals surface area (Å²) >= 11 is 0. The van der Waals surface area contributed by atoms with Crippen molar-refractivity contribution in [2.75, 3.05) is 0 Å². The van der Waals surface area contributed by atoms with Gasteiger partial charge in [0.25, 0.3) is 0 Å². The fraction of sp³-hybridized carbons (Fsp3) is 0.130. The van der Waals surface area contributed by atoms with E-state index in [1.165, 1.54) is 108 Å². The average molecular weight is 589 g/mol. The highest BCUT2D eigenvalue weighted by Gasteiger charge is 2.17. The molecule has 0 heterocycles. The van der Waals surface area contributed by atoms with Gasteiger partial charge in [0, 0.05) is 0 Å². The topological polar surface area (TPSA) is 0 Å². The van der Waals surface area contributed by atoms with E-state index in [4.69, 9.17) is 0 Å². The van der Waals surface area contributed by atoms with Crippen LogP contribution in [0.2, 0.25) is 0 Å². The zero-order chi connectivity index (χ0) is 31.3. The fourth-order valence-electron chi connectivity index (χ4n) is 8.46. The first-order valence-corrected chi connectivity index (χ1v) is 16.6. The summed E-state index contributed by atoms with van der Waals surface area (Å²) in [7, 11) is 0. The summed E-state index contributed by atoms with van der Waals surface area (Å²) in [6.07, 6.45) is 0. The van der Waals surface area contributed by atoms with Crippen LogP contribution in [0.15, 0.2) is 121 Å². The molecule has 0 nitrogen and oxygen atoms in total. The molecule has 0 amide bonds. The number of aryl methyl sites for hydroxylation is 3. The van der Waals surface area contributed by atoms with Crippen molar-refractivity contribution in [2.45, 2.75) is 40.5 Å². The highest BCUT2D eigenvalue weighted by atomic mass is 14.2. The molecule has 10 aromatic rings. The standard InChI is InChI=1S/C46H36/c1-26(2)44-29(5)32-20-16-30-24-42(32)43-25-31(17-21-39(43)44)41-23-28(4)15-19-38(41)46-35-12-8-6-10-33(35)45(34-11-7-9-13-36(34)46)37-18-14-27(3)22-40(30)37/h6-26H,1-5H3. The van der Waals surface area contributed by atoms with Gasteiger partial charge in [-0.1, -0.05) is 134 Å². The van der Waals surface area contributed by atoms with E-state index in [1.807, 2.05) is 0 Å². The minimum Gasteiger partial charge on any atom is -0.0616 e. The third-order valence-corrected chi connectivity index (χ3v) is 10.4. The molecule has 0 aliphatic carbocycles. The normalized spacial score (nSPS) is 12.2. The Labute approximate surface area is 269 Å². The van der Waals surface area contributed by atoms with Crippen LogP contribution in [-0.2, 0) is 0 Å². The predicted octanol–water partition coefficient (Wildman–Crippen LogP) is 13.5. The van der Waals surface area contributed by atoms with Crippen molar-refractivity contribution in [2.24, 2.45) is 0 Å². The van der Waals surface area contributed by atoms with Crippen LogP contribution in [0.5, 0.6) is 0 Å². The zero-order valence-corrected chi connectivity index (χ0v) is 27.1. The molecule has 0 aliphatic heterocycles. The van der Waals surface area contributed by atoms with Crippen LogP contribution in [0.3, 0.4) is 0 Å². The van der Waals surface area contributed by atoms with Crippen molar-refractivity contribution in [1.29, 1.82) is 0 Å². The molecule has 0 heteroatoms. The van der Waals surface area contributed by atoms with E-state index in [9.17, 15) is 0 Å². The molecule has 0 aliphatic rings. The van der Waals surface area contributed by atoms with Gasteiger partial charge < -0.3 is 0 Å². The maximum atomic E-state index is 2.48. The highest BCUT2D eigenvalue weighted by Crippen LogP contribution is 2.43. The Hall–Kier alpha value is -5.20. The molecular weight excluding hydrogens is 553 g/mol. The Kier molecular flexibility index (Phi) is 5.84. The van der Waals surface area contributed by atoms with E-state index >= 15 is 0 Å². The van der Waals surface area contributed by atoms with Gasteiger partial charge in [-0.25, -0.2) is 0 Å². The van der Waals surface area contributed by atoms with Crippen LogP contribution < -0.4 is 0 Å². The second-order valence-corrected chi connectivity index (χ2v) is 13.7. The van der Waals surface area contributed by atoms with Crippen LogP contribution in [0, 0.1) is 20.8 Å². The molecular formula is C46H36. The molecule has 0 N–H and O–H groups in total. The summed E-state index contributed by atoms with van der Waals surface area (Å²) in [5.74, 6) is 0.427. The molecule has 0 fully saturated rings. The van der Waals surface area contributed by atoms with Crippen LogP contribution in [-0.4, -0.2) is 0 Å². The minimum absolute atomic E-state index is 0.427. The molecule has 0 atom stereocenters. The number of hydrogen-bond acceptors (Lipinski definition) is 0. The van der Waals surface area contributed by atoms with Crippen LogP contribution >= 0.6 is 0 Å².